The number of nitrogens with zero attached hydrogens (tertiary/aromatic N) is 3. The van der Waals surface area contributed by atoms with Gasteiger partial charge in [-0.1, -0.05) is 12.1 Å². The van der Waals surface area contributed by atoms with Gasteiger partial charge in [-0.3, -0.25) is 14.2 Å². The van der Waals surface area contributed by atoms with Crippen LogP contribution in [0.3, 0.4) is 0 Å². The highest BCUT2D eigenvalue weighted by Crippen LogP contribution is 2.46. The van der Waals surface area contributed by atoms with Crippen molar-refractivity contribution in [2.75, 3.05) is 30.2 Å². The van der Waals surface area contributed by atoms with E-state index >= 15 is 0 Å². The second-order valence-corrected chi connectivity index (χ2v) is 8.92. The van der Waals surface area contributed by atoms with E-state index in [9.17, 15) is 12.8 Å². The predicted molar refractivity (Wildman–Crippen MR) is 94.4 cm³/mol. The zero-order chi connectivity index (χ0) is 17.7. The minimum Gasteiger partial charge on any atom is -0.298 e. The molecule has 3 heterocycles. The molecule has 4 rings (SSSR count). The van der Waals surface area contributed by atoms with Crippen molar-refractivity contribution in [1.29, 1.82) is 0 Å². The van der Waals surface area contributed by atoms with Crippen LogP contribution in [-0.2, 0) is 22.0 Å². The van der Waals surface area contributed by atoms with Gasteiger partial charge in [-0.05, 0) is 42.8 Å². The smallest absolute Gasteiger partial charge is 0.232 e. The molecule has 1 atom stereocenters. The maximum atomic E-state index is 13.4. The van der Waals surface area contributed by atoms with E-state index in [2.05, 4.69) is 9.88 Å². The fraction of sp³-hybridized carbons (Fsp3) is 0.389. The fourth-order valence-corrected chi connectivity index (χ4v) is 5.03. The van der Waals surface area contributed by atoms with Crippen molar-refractivity contribution in [3.8, 4) is 0 Å². The van der Waals surface area contributed by atoms with Gasteiger partial charge in [-0.25, -0.2) is 12.8 Å². The number of halogens is 1. The number of hydrogen-bond acceptors (Lipinski definition) is 4. The van der Waals surface area contributed by atoms with Crippen LogP contribution in [-0.4, -0.2) is 44.2 Å². The Morgan fingerprint density at radius 2 is 2.08 bits per heavy atom. The minimum absolute atomic E-state index is 0.234. The lowest BCUT2D eigenvalue weighted by atomic mass is 9.85. The minimum atomic E-state index is -3.34. The standard InChI is InChI=1S/C18H20FN3O2S/c1-25(23,24)22-13-18(17-16(22)6-3-8-20-17)7-9-21(12-18)11-14-4-2-5-15(19)10-14/h2-6,8,10H,7,9,11-13H2,1H3/t18-/m1/s1. The first-order chi connectivity index (χ1) is 11.9. The summed E-state index contributed by atoms with van der Waals surface area (Å²) in [6.45, 7) is 2.64. The number of rotatable bonds is 3. The van der Waals surface area contributed by atoms with Crippen LogP contribution in [0.5, 0.6) is 0 Å². The van der Waals surface area contributed by atoms with E-state index in [0.717, 1.165) is 30.8 Å². The molecule has 5 nitrogen and oxygen atoms in total. The molecule has 0 bridgehead atoms. The number of aromatic nitrogens is 1. The Labute approximate surface area is 147 Å². The molecule has 2 aliphatic heterocycles. The summed E-state index contributed by atoms with van der Waals surface area (Å²) in [5.74, 6) is -0.234. The fourth-order valence-electron chi connectivity index (χ4n) is 4.05. The van der Waals surface area contributed by atoms with Crippen LogP contribution < -0.4 is 4.31 Å². The van der Waals surface area contributed by atoms with Gasteiger partial charge in [-0.15, -0.1) is 0 Å². The largest absolute Gasteiger partial charge is 0.298 e. The van der Waals surface area contributed by atoms with Crippen LogP contribution in [0, 0.1) is 5.82 Å². The van der Waals surface area contributed by atoms with Gasteiger partial charge in [0.1, 0.15) is 5.82 Å². The Morgan fingerprint density at radius 1 is 1.24 bits per heavy atom. The van der Waals surface area contributed by atoms with Gasteiger partial charge in [-0.2, -0.15) is 0 Å². The van der Waals surface area contributed by atoms with Crippen LogP contribution in [0.4, 0.5) is 10.1 Å². The third-order valence-corrected chi connectivity index (χ3v) is 6.26. The first-order valence-electron chi connectivity index (χ1n) is 8.27. The highest BCUT2D eigenvalue weighted by Gasteiger charge is 2.50. The quantitative estimate of drug-likeness (QED) is 0.841. The van der Waals surface area contributed by atoms with E-state index in [1.807, 2.05) is 12.1 Å². The Hall–Kier alpha value is -1.99. The van der Waals surface area contributed by atoms with Gasteiger partial charge in [0.05, 0.1) is 17.6 Å². The molecule has 0 aliphatic carbocycles. The van der Waals surface area contributed by atoms with E-state index in [4.69, 9.17) is 0 Å². The van der Waals surface area contributed by atoms with E-state index in [0.29, 0.717) is 18.8 Å². The summed E-state index contributed by atoms with van der Waals surface area (Å²) in [6.07, 6.45) is 3.81. The molecule has 7 heteroatoms. The SMILES string of the molecule is CS(=O)(=O)N1C[C@]2(CCN(Cc3cccc(F)c3)C2)c2ncccc21. The molecule has 1 saturated heterocycles. The van der Waals surface area contributed by atoms with E-state index < -0.39 is 10.0 Å². The summed E-state index contributed by atoms with van der Waals surface area (Å²) in [5, 5.41) is 0. The van der Waals surface area contributed by atoms with Crippen molar-refractivity contribution in [1.82, 2.24) is 9.88 Å². The Morgan fingerprint density at radius 3 is 2.84 bits per heavy atom. The number of benzene rings is 1. The summed E-state index contributed by atoms with van der Waals surface area (Å²) >= 11 is 0. The summed E-state index contributed by atoms with van der Waals surface area (Å²) in [7, 11) is -3.34. The van der Waals surface area contributed by atoms with E-state index in [1.165, 1.54) is 16.6 Å². The van der Waals surface area contributed by atoms with Crippen molar-refractivity contribution in [2.45, 2.75) is 18.4 Å². The van der Waals surface area contributed by atoms with Crippen LogP contribution in [0.25, 0.3) is 0 Å². The third kappa shape index (κ3) is 2.91. The molecule has 2 aliphatic rings. The molecular weight excluding hydrogens is 341 g/mol. The molecule has 1 fully saturated rings. The van der Waals surface area contributed by atoms with Gasteiger partial charge < -0.3 is 0 Å². The van der Waals surface area contributed by atoms with Crippen molar-refractivity contribution >= 4 is 15.7 Å². The molecule has 132 valence electrons. The van der Waals surface area contributed by atoms with Gasteiger partial charge in [0.15, 0.2) is 0 Å². The first kappa shape index (κ1) is 16.5. The molecule has 1 aromatic carbocycles. The second kappa shape index (κ2) is 5.78. The zero-order valence-corrected chi connectivity index (χ0v) is 14.8. The number of pyridine rings is 1. The van der Waals surface area contributed by atoms with E-state index in [-0.39, 0.29) is 11.2 Å². The normalized spacial score (nSPS) is 23.4. The molecule has 0 amide bonds. The molecule has 0 N–H and O–H groups in total. The summed E-state index contributed by atoms with van der Waals surface area (Å²) in [6, 6.07) is 10.2. The van der Waals surface area contributed by atoms with Crippen LogP contribution >= 0.6 is 0 Å². The van der Waals surface area contributed by atoms with Crippen LogP contribution in [0.2, 0.25) is 0 Å². The monoisotopic (exact) mass is 361 g/mol. The van der Waals surface area contributed by atoms with Crippen molar-refractivity contribution in [2.24, 2.45) is 0 Å². The maximum Gasteiger partial charge on any atom is 0.232 e. The Balaban J connectivity index is 1.61. The first-order valence-corrected chi connectivity index (χ1v) is 10.1. The summed E-state index contributed by atoms with van der Waals surface area (Å²) in [5.41, 5.74) is 2.20. The summed E-state index contributed by atoms with van der Waals surface area (Å²) < 4.78 is 39.3. The third-order valence-electron chi connectivity index (χ3n) is 5.13. The van der Waals surface area contributed by atoms with Crippen LogP contribution in [0.1, 0.15) is 17.7 Å². The van der Waals surface area contributed by atoms with Gasteiger partial charge in [0.2, 0.25) is 10.0 Å². The molecule has 25 heavy (non-hydrogen) atoms. The highest BCUT2D eigenvalue weighted by atomic mass is 32.2. The average molecular weight is 361 g/mol. The zero-order valence-electron chi connectivity index (χ0n) is 14.0. The number of fused-ring (bicyclic) bond motifs is 2. The number of hydrogen-bond donors (Lipinski definition) is 0. The van der Waals surface area contributed by atoms with E-state index in [1.54, 1.807) is 24.4 Å². The number of sulfonamides is 1. The second-order valence-electron chi connectivity index (χ2n) is 7.01. The summed E-state index contributed by atoms with van der Waals surface area (Å²) in [4.78, 5) is 6.77. The molecule has 2 aromatic rings. The molecule has 1 aromatic heterocycles. The molecule has 0 unspecified atom stereocenters. The maximum absolute atomic E-state index is 13.4. The Bertz CT molecular complexity index is 918. The lowest BCUT2D eigenvalue weighted by molar-refractivity contribution is 0.306. The van der Waals surface area contributed by atoms with Crippen molar-refractivity contribution in [3.05, 3.63) is 59.7 Å². The van der Waals surface area contributed by atoms with Gasteiger partial charge in [0.25, 0.3) is 0 Å². The molecule has 0 radical (unpaired) electrons. The number of anilines is 1. The average Bonchev–Trinajstić information content (AvgIpc) is 3.10. The van der Waals surface area contributed by atoms with Crippen molar-refractivity contribution in [3.63, 3.8) is 0 Å². The molecular formula is C18H20FN3O2S. The lowest BCUT2D eigenvalue weighted by Crippen LogP contribution is -2.38. The van der Waals surface area contributed by atoms with Crippen LogP contribution in [0.15, 0.2) is 42.6 Å². The molecule has 0 saturated carbocycles. The topological polar surface area (TPSA) is 53.5 Å². The Kier molecular flexibility index (Phi) is 3.81. The predicted octanol–water partition coefficient (Wildman–Crippen LogP) is 2.14. The van der Waals surface area contributed by atoms with Gasteiger partial charge in [0, 0.05) is 31.2 Å². The highest BCUT2D eigenvalue weighted by molar-refractivity contribution is 7.92. The molecule has 1 spiro atoms. The van der Waals surface area contributed by atoms with Gasteiger partial charge >= 0.3 is 0 Å². The lowest BCUT2D eigenvalue weighted by Gasteiger charge is -2.25. The van der Waals surface area contributed by atoms with Crippen molar-refractivity contribution < 1.29 is 12.8 Å². The number of likely N-dealkylation sites (tertiary alicyclic amines) is 1.